The van der Waals surface area contributed by atoms with Crippen LogP contribution in [-0.4, -0.2) is 32.6 Å². The molecule has 0 unspecified atom stereocenters. The van der Waals surface area contributed by atoms with Crippen molar-refractivity contribution in [3.05, 3.63) is 30.6 Å². The van der Waals surface area contributed by atoms with Gasteiger partial charge in [-0.15, -0.1) is 0 Å². The molecule has 1 fully saturated rings. The van der Waals surface area contributed by atoms with Crippen molar-refractivity contribution >= 4 is 22.6 Å². The van der Waals surface area contributed by atoms with E-state index >= 15 is 0 Å². The van der Waals surface area contributed by atoms with Crippen molar-refractivity contribution in [2.75, 3.05) is 22.3 Å². The monoisotopic (exact) mass is 381 g/mol. The van der Waals surface area contributed by atoms with Gasteiger partial charge in [-0.1, -0.05) is 32.3 Å². The summed E-state index contributed by atoms with van der Waals surface area (Å²) in [5.41, 5.74) is 1.55. The average Bonchev–Trinajstić information content (AvgIpc) is 2.68. The molecule has 5 nitrogen and oxygen atoms in total. The quantitative estimate of drug-likeness (QED) is 0.686. The predicted molar refractivity (Wildman–Crippen MR) is 105 cm³/mol. The Morgan fingerprint density at radius 2 is 1.96 bits per heavy atom. The lowest BCUT2D eigenvalue weighted by molar-refractivity contribution is 0.462. The van der Waals surface area contributed by atoms with Crippen molar-refractivity contribution < 1.29 is 7.77 Å². The number of pyridine rings is 1. The highest BCUT2D eigenvalue weighted by Crippen LogP contribution is 2.50. The van der Waals surface area contributed by atoms with Gasteiger partial charge in [0.2, 0.25) is 5.95 Å². The number of aromatic nitrogens is 3. The molecule has 1 aliphatic rings. The lowest BCUT2D eigenvalue weighted by Gasteiger charge is -2.25. The molecular weight excluding hydrogens is 356 g/mol. The van der Waals surface area contributed by atoms with Gasteiger partial charge in [0.25, 0.3) is 0 Å². The first kappa shape index (κ1) is 18.8. The van der Waals surface area contributed by atoms with E-state index in [1.165, 1.54) is 26.2 Å². The van der Waals surface area contributed by atoms with Gasteiger partial charge >= 0.3 is 0 Å². The predicted octanol–water partition coefficient (Wildman–Crippen LogP) is 5.25. The molecular formula is C18H25F2N5S. The molecule has 1 aliphatic carbocycles. The SMILES string of the molecule is CCS(F)(F)CNc1ncc(-c2ccccn2)c(NC2CCCCC2)n1. The first-order chi connectivity index (χ1) is 12.6. The second kappa shape index (κ2) is 8.62. The highest BCUT2D eigenvalue weighted by atomic mass is 32.3. The largest absolute Gasteiger partial charge is 0.367 e. The van der Waals surface area contributed by atoms with Gasteiger partial charge in [-0.05, 0) is 25.0 Å². The fourth-order valence-electron chi connectivity index (χ4n) is 3.00. The third-order valence-electron chi connectivity index (χ3n) is 4.54. The van der Waals surface area contributed by atoms with Crippen molar-refractivity contribution in [3.8, 4) is 11.3 Å². The summed E-state index contributed by atoms with van der Waals surface area (Å²) in [5.74, 6) is 0.348. The summed E-state index contributed by atoms with van der Waals surface area (Å²) < 4.78 is 27.2. The minimum Gasteiger partial charge on any atom is -0.367 e. The van der Waals surface area contributed by atoms with E-state index < -0.39 is 16.7 Å². The first-order valence-corrected chi connectivity index (χ1v) is 10.8. The normalized spacial score (nSPS) is 16.3. The first-order valence-electron chi connectivity index (χ1n) is 9.04. The Kier molecular flexibility index (Phi) is 6.24. The van der Waals surface area contributed by atoms with Gasteiger partial charge in [-0.25, -0.2) is 4.98 Å². The lowest BCUT2D eigenvalue weighted by Crippen LogP contribution is -2.23. The fourth-order valence-corrected chi connectivity index (χ4v) is 3.54. The summed E-state index contributed by atoms with van der Waals surface area (Å²) in [6.45, 7) is 1.50. The maximum Gasteiger partial charge on any atom is 0.225 e. The van der Waals surface area contributed by atoms with Gasteiger partial charge in [-0.2, -0.15) is 12.8 Å². The highest BCUT2D eigenvalue weighted by molar-refractivity contribution is 8.25. The van der Waals surface area contributed by atoms with E-state index in [0.29, 0.717) is 11.9 Å². The lowest BCUT2D eigenvalue weighted by atomic mass is 9.95. The van der Waals surface area contributed by atoms with E-state index in [1.807, 2.05) is 18.2 Å². The van der Waals surface area contributed by atoms with Crippen LogP contribution in [-0.2, 0) is 0 Å². The fraction of sp³-hybridized carbons (Fsp3) is 0.500. The molecule has 0 amide bonds. The molecule has 0 atom stereocenters. The van der Waals surface area contributed by atoms with E-state index in [9.17, 15) is 7.77 Å². The number of nitrogens with one attached hydrogen (secondary N) is 2. The third kappa shape index (κ3) is 5.03. The number of hydrogen-bond acceptors (Lipinski definition) is 5. The van der Waals surface area contributed by atoms with Crippen LogP contribution in [0.25, 0.3) is 11.3 Å². The second-order valence-electron chi connectivity index (χ2n) is 6.46. The van der Waals surface area contributed by atoms with Crippen molar-refractivity contribution in [2.45, 2.75) is 45.1 Å². The zero-order valence-corrected chi connectivity index (χ0v) is 15.7. The molecule has 1 saturated carbocycles. The zero-order chi connectivity index (χ0) is 18.4. The Morgan fingerprint density at radius 1 is 1.15 bits per heavy atom. The van der Waals surface area contributed by atoms with Crippen molar-refractivity contribution in [3.63, 3.8) is 0 Å². The topological polar surface area (TPSA) is 62.7 Å². The second-order valence-corrected chi connectivity index (χ2v) is 8.72. The van der Waals surface area contributed by atoms with Crippen LogP contribution in [0.5, 0.6) is 0 Å². The smallest absolute Gasteiger partial charge is 0.225 e. The Labute approximate surface area is 155 Å². The minimum atomic E-state index is -3.64. The van der Waals surface area contributed by atoms with E-state index in [1.54, 1.807) is 12.4 Å². The van der Waals surface area contributed by atoms with Crippen LogP contribution in [0.3, 0.4) is 0 Å². The van der Waals surface area contributed by atoms with Gasteiger partial charge < -0.3 is 10.6 Å². The third-order valence-corrected chi connectivity index (χ3v) is 5.95. The number of hydrogen-bond donors (Lipinski definition) is 2. The molecule has 142 valence electrons. The average molecular weight is 381 g/mol. The molecule has 3 rings (SSSR count). The van der Waals surface area contributed by atoms with Crippen LogP contribution in [0.4, 0.5) is 19.5 Å². The van der Waals surface area contributed by atoms with E-state index in [2.05, 4.69) is 25.6 Å². The van der Waals surface area contributed by atoms with Crippen LogP contribution in [0.15, 0.2) is 30.6 Å². The molecule has 2 aromatic rings. The molecule has 2 N–H and O–H groups in total. The number of nitrogens with zero attached hydrogens (tertiary/aromatic N) is 3. The van der Waals surface area contributed by atoms with E-state index in [-0.39, 0.29) is 11.7 Å². The van der Waals surface area contributed by atoms with Crippen LogP contribution < -0.4 is 10.6 Å². The zero-order valence-electron chi connectivity index (χ0n) is 14.9. The molecule has 0 spiro atoms. The summed E-state index contributed by atoms with van der Waals surface area (Å²) in [4.78, 5) is 13.1. The Hall–Kier alpha value is -1.96. The van der Waals surface area contributed by atoms with Crippen LogP contribution in [0, 0.1) is 0 Å². The molecule has 8 heteroatoms. The summed E-state index contributed by atoms with van der Waals surface area (Å²) in [7, 11) is -3.64. The maximum atomic E-state index is 13.6. The van der Waals surface area contributed by atoms with Crippen LogP contribution >= 0.6 is 10.8 Å². The Bertz CT molecular complexity index is 708. The highest BCUT2D eigenvalue weighted by Gasteiger charge is 2.21. The standard InChI is InChI=1S/C18H25F2N5S/c1-2-26(19,20)13-23-18-22-12-15(16-10-6-7-11-21-16)17(25-18)24-14-8-4-3-5-9-14/h6-7,10-12,14H,2-5,8-9,13H2,1H3,(H2,22,23,24,25). The molecule has 0 aromatic carbocycles. The molecule has 0 radical (unpaired) electrons. The van der Waals surface area contributed by atoms with Crippen molar-refractivity contribution in [1.29, 1.82) is 0 Å². The summed E-state index contributed by atoms with van der Waals surface area (Å²) in [6.07, 6.45) is 9.20. The summed E-state index contributed by atoms with van der Waals surface area (Å²) in [5, 5.41) is 6.18. The Morgan fingerprint density at radius 3 is 2.65 bits per heavy atom. The molecule has 2 aromatic heterocycles. The maximum absolute atomic E-state index is 13.6. The van der Waals surface area contributed by atoms with Gasteiger partial charge in [0.15, 0.2) is 0 Å². The van der Waals surface area contributed by atoms with E-state index in [0.717, 1.165) is 24.1 Å². The molecule has 2 heterocycles. The van der Waals surface area contributed by atoms with Crippen LogP contribution in [0.2, 0.25) is 0 Å². The summed E-state index contributed by atoms with van der Waals surface area (Å²) in [6, 6.07) is 6.00. The molecule has 0 aliphatic heterocycles. The van der Waals surface area contributed by atoms with Crippen LogP contribution in [0.1, 0.15) is 39.0 Å². The number of halogens is 2. The molecule has 0 bridgehead atoms. The van der Waals surface area contributed by atoms with Crippen molar-refractivity contribution in [1.82, 2.24) is 15.0 Å². The Balaban J connectivity index is 1.84. The molecule has 26 heavy (non-hydrogen) atoms. The molecule has 0 saturated heterocycles. The van der Waals surface area contributed by atoms with Gasteiger partial charge in [0.05, 0.1) is 22.1 Å². The van der Waals surface area contributed by atoms with Gasteiger partial charge in [0.1, 0.15) is 11.7 Å². The minimum absolute atomic E-state index is 0.140. The summed E-state index contributed by atoms with van der Waals surface area (Å²) >= 11 is 0. The van der Waals surface area contributed by atoms with Gasteiger partial charge in [0, 0.05) is 24.2 Å². The van der Waals surface area contributed by atoms with E-state index in [4.69, 9.17) is 0 Å². The number of anilines is 2. The van der Waals surface area contributed by atoms with Gasteiger partial charge in [-0.3, -0.25) is 4.98 Å². The number of rotatable bonds is 7. The van der Waals surface area contributed by atoms with Crippen molar-refractivity contribution in [2.24, 2.45) is 0 Å².